The quantitative estimate of drug-likeness (QED) is 0.812. The van der Waals surface area contributed by atoms with Gasteiger partial charge >= 0.3 is 5.97 Å². The molecule has 3 rings (SSSR count). The number of fused-ring (bicyclic) bond motifs is 1. The summed E-state index contributed by atoms with van der Waals surface area (Å²) in [6.07, 6.45) is 0.815. The number of aliphatic carboxylic acids is 1. The number of aromatic nitrogens is 4. The SMILES string of the molecule is CO[C@@H]1[C@H](C)[C@@H](C(=O)O)O[C@H]1n1cnc2c(N)ncnc21. The van der Waals surface area contributed by atoms with Crippen LogP contribution in [0, 0.1) is 5.92 Å². The van der Waals surface area contributed by atoms with Crippen LogP contribution in [0.4, 0.5) is 5.82 Å². The van der Waals surface area contributed by atoms with E-state index >= 15 is 0 Å². The minimum absolute atomic E-state index is 0.258. The number of carboxylic acids is 1. The second kappa shape index (κ2) is 4.93. The minimum atomic E-state index is -1.02. The van der Waals surface area contributed by atoms with Gasteiger partial charge in [-0.3, -0.25) is 4.57 Å². The summed E-state index contributed by atoms with van der Waals surface area (Å²) in [5.74, 6) is -1.08. The number of ether oxygens (including phenoxy) is 2. The Hall–Kier alpha value is -2.26. The Bertz CT molecular complexity index is 687. The summed E-state index contributed by atoms with van der Waals surface area (Å²) in [7, 11) is 1.52. The molecule has 3 heterocycles. The van der Waals surface area contributed by atoms with E-state index in [2.05, 4.69) is 15.0 Å². The highest BCUT2D eigenvalue weighted by atomic mass is 16.6. The fourth-order valence-corrected chi connectivity index (χ4v) is 2.68. The molecule has 112 valence electrons. The largest absolute Gasteiger partial charge is 0.479 e. The van der Waals surface area contributed by atoms with E-state index in [0.29, 0.717) is 11.2 Å². The van der Waals surface area contributed by atoms with Gasteiger partial charge in [-0.2, -0.15) is 0 Å². The Morgan fingerprint density at radius 2 is 2.24 bits per heavy atom. The van der Waals surface area contributed by atoms with E-state index in [0.717, 1.165) is 0 Å². The highest BCUT2D eigenvalue weighted by Crippen LogP contribution is 2.37. The van der Waals surface area contributed by atoms with E-state index in [9.17, 15) is 9.90 Å². The number of nitrogens with zero attached hydrogens (tertiary/aromatic N) is 4. The van der Waals surface area contributed by atoms with E-state index in [1.807, 2.05) is 0 Å². The molecule has 9 nitrogen and oxygen atoms in total. The number of imidazole rings is 1. The van der Waals surface area contributed by atoms with E-state index < -0.39 is 24.4 Å². The highest BCUT2D eigenvalue weighted by Gasteiger charge is 2.47. The zero-order chi connectivity index (χ0) is 15.1. The normalized spacial score (nSPS) is 29.0. The molecule has 4 atom stereocenters. The second-order valence-corrected chi connectivity index (χ2v) is 4.93. The highest BCUT2D eigenvalue weighted by molar-refractivity contribution is 5.81. The number of nitrogens with two attached hydrogens (primary N) is 1. The molecule has 0 spiro atoms. The fraction of sp³-hybridized carbons (Fsp3) is 0.500. The molecule has 0 aromatic carbocycles. The number of nitrogen functional groups attached to an aromatic ring is 1. The zero-order valence-electron chi connectivity index (χ0n) is 11.5. The van der Waals surface area contributed by atoms with Crippen molar-refractivity contribution in [2.24, 2.45) is 5.92 Å². The number of carboxylic acid groups (broad SMARTS) is 1. The monoisotopic (exact) mass is 293 g/mol. The number of carbonyl (C=O) groups is 1. The molecule has 0 unspecified atom stereocenters. The molecule has 3 N–H and O–H groups in total. The molecule has 2 aromatic heterocycles. The maximum atomic E-state index is 11.3. The van der Waals surface area contributed by atoms with Gasteiger partial charge in [-0.05, 0) is 0 Å². The Morgan fingerprint density at radius 1 is 1.48 bits per heavy atom. The number of rotatable bonds is 3. The van der Waals surface area contributed by atoms with Gasteiger partial charge in [0.05, 0.1) is 6.33 Å². The van der Waals surface area contributed by atoms with Crippen LogP contribution >= 0.6 is 0 Å². The van der Waals surface area contributed by atoms with Crippen molar-refractivity contribution in [2.45, 2.75) is 25.4 Å². The summed E-state index contributed by atoms with van der Waals surface area (Å²) in [6, 6.07) is 0. The molecule has 9 heteroatoms. The fourth-order valence-electron chi connectivity index (χ4n) is 2.68. The molecular weight excluding hydrogens is 278 g/mol. The van der Waals surface area contributed by atoms with E-state index in [1.165, 1.54) is 19.8 Å². The molecule has 2 aromatic rings. The zero-order valence-corrected chi connectivity index (χ0v) is 11.5. The Morgan fingerprint density at radius 3 is 2.90 bits per heavy atom. The van der Waals surface area contributed by atoms with Gasteiger partial charge in [0.15, 0.2) is 23.8 Å². The van der Waals surface area contributed by atoms with Crippen molar-refractivity contribution in [2.75, 3.05) is 12.8 Å². The third-order valence-electron chi connectivity index (χ3n) is 3.74. The van der Waals surface area contributed by atoms with Crippen molar-refractivity contribution in [3.8, 4) is 0 Å². The van der Waals surface area contributed by atoms with Crippen molar-refractivity contribution in [3.05, 3.63) is 12.7 Å². The van der Waals surface area contributed by atoms with Crippen LogP contribution in [-0.2, 0) is 14.3 Å². The van der Waals surface area contributed by atoms with Crippen molar-refractivity contribution < 1.29 is 19.4 Å². The number of methoxy groups -OCH3 is 1. The average molecular weight is 293 g/mol. The maximum absolute atomic E-state index is 11.3. The van der Waals surface area contributed by atoms with Gasteiger partial charge in [0.1, 0.15) is 17.9 Å². The summed E-state index contributed by atoms with van der Waals surface area (Å²) < 4.78 is 12.7. The van der Waals surface area contributed by atoms with Crippen LogP contribution in [0.15, 0.2) is 12.7 Å². The molecule has 1 fully saturated rings. The molecule has 1 aliphatic rings. The van der Waals surface area contributed by atoms with Crippen LogP contribution in [0.5, 0.6) is 0 Å². The Balaban J connectivity index is 2.05. The van der Waals surface area contributed by atoms with Crippen molar-refractivity contribution in [1.29, 1.82) is 0 Å². The van der Waals surface area contributed by atoms with Gasteiger partial charge in [-0.1, -0.05) is 6.92 Å². The van der Waals surface area contributed by atoms with Crippen LogP contribution in [-0.4, -0.2) is 49.9 Å². The van der Waals surface area contributed by atoms with Gasteiger partial charge < -0.3 is 20.3 Å². The molecule has 1 saturated heterocycles. The minimum Gasteiger partial charge on any atom is -0.479 e. The van der Waals surface area contributed by atoms with Crippen LogP contribution in [0.2, 0.25) is 0 Å². The lowest BCUT2D eigenvalue weighted by atomic mass is 10.0. The molecule has 0 bridgehead atoms. The molecule has 0 aliphatic carbocycles. The van der Waals surface area contributed by atoms with E-state index in [4.69, 9.17) is 15.2 Å². The van der Waals surface area contributed by atoms with E-state index in [1.54, 1.807) is 11.5 Å². The number of hydrogen-bond donors (Lipinski definition) is 2. The van der Waals surface area contributed by atoms with Gasteiger partial charge in [0, 0.05) is 13.0 Å². The third kappa shape index (κ3) is 2.01. The van der Waals surface area contributed by atoms with Crippen LogP contribution in [0.1, 0.15) is 13.2 Å². The van der Waals surface area contributed by atoms with Crippen molar-refractivity contribution in [1.82, 2.24) is 19.5 Å². The standard InChI is InChI=1S/C12H15N5O4/c1-5-7(20-2)11(21-8(5)12(18)19)17-4-16-6-9(13)14-3-15-10(6)17/h3-5,7-8,11H,1-2H3,(H,18,19)(H2,13,14,15)/t5-,7+,8-,11+/m0/s1. The summed E-state index contributed by atoms with van der Waals surface area (Å²) in [4.78, 5) is 23.4. The van der Waals surface area contributed by atoms with E-state index in [-0.39, 0.29) is 11.7 Å². The van der Waals surface area contributed by atoms with Gasteiger partial charge in [-0.15, -0.1) is 0 Å². The third-order valence-corrected chi connectivity index (χ3v) is 3.74. The molecular formula is C12H15N5O4. The lowest BCUT2D eigenvalue weighted by molar-refractivity contribution is -0.153. The van der Waals surface area contributed by atoms with Gasteiger partial charge in [-0.25, -0.2) is 19.7 Å². The Labute approximate surface area is 119 Å². The predicted octanol–water partition coefficient (Wildman–Crippen LogP) is 0.0416. The van der Waals surface area contributed by atoms with Gasteiger partial charge in [0.25, 0.3) is 0 Å². The summed E-state index contributed by atoms with van der Waals surface area (Å²) >= 11 is 0. The van der Waals surface area contributed by atoms with Crippen LogP contribution in [0.25, 0.3) is 11.2 Å². The second-order valence-electron chi connectivity index (χ2n) is 4.93. The smallest absolute Gasteiger partial charge is 0.333 e. The predicted molar refractivity (Wildman–Crippen MR) is 71.2 cm³/mol. The molecule has 0 saturated carbocycles. The summed E-state index contributed by atoms with van der Waals surface area (Å²) in [5.41, 5.74) is 6.67. The maximum Gasteiger partial charge on any atom is 0.333 e. The molecule has 21 heavy (non-hydrogen) atoms. The lowest BCUT2D eigenvalue weighted by Gasteiger charge is -2.20. The first-order valence-electron chi connectivity index (χ1n) is 6.38. The molecule has 0 amide bonds. The topological polar surface area (TPSA) is 125 Å². The lowest BCUT2D eigenvalue weighted by Crippen LogP contribution is -2.29. The summed E-state index contributed by atoms with van der Waals surface area (Å²) in [6.45, 7) is 1.77. The Kier molecular flexibility index (Phi) is 3.22. The average Bonchev–Trinajstić information content (AvgIpc) is 3.00. The summed E-state index contributed by atoms with van der Waals surface area (Å²) in [5, 5.41) is 9.22. The van der Waals surface area contributed by atoms with Crippen molar-refractivity contribution >= 4 is 23.0 Å². The number of anilines is 1. The first-order chi connectivity index (χ1) is 10.0. The first-order valence-corrected chi connectivity index (χ1v) is 6.38. The van der Waals surface area contributed by atoms with Crippen molar-refractivity contribution in [3.63, 3.8) is 0 Å². The number of hydrogen-bond acceptors (Lipinski definition) is 7. The molecule has 0 radical (unpaired) electrons. The van der Waals surface area contributed by atoms with Crippen LogP contribution < -0.4 is 5.73 Å². The van der Waals surface area contributed by atoms with Crippen LogP contribution in [0.3, 0.4) is 0 Å². The first kappa shape index (κ1) is 13.7. The molecule has 1 aliphatic heterocycles. The van der Waals surface area contributed by atoms with Gasteiger partial charge in [0.2, 0.25) is 0 Å².